The highest BCUT2D eigenvalue weighted by atomic mass is 16.5. The minimum Gasteiger partial charge on any atom is -0.481 e. The second kappa shape index (κ2) is 20.4. The maximum absolute atomic E-state index is 13.5. The summed E-state index contributed by atoms with van der Waals surface area (Å²) in [6, 6.07) is -3.12. The van der Waals surface area contributed by atoms with Gasteiger partial charge >= 0.3 is 5.97 Å². The molecule has 4 amide bonds. The van der Waals surface area contributed by atoms with Gasteiger partial charge in [0.2, 0.25) is 23.6 Å². The molecule has 15 nitrogen and oxygen atoms in total. The molecule has 1 fully saturated rings. The van der Waals surface area contributed by atoms with Crippen LogP contribution in [0.1, 0.15) is 92.4 Å². The first kappa shape index (κ1) is 40.4. The number of ketones is 1. The Balaban J connectivity index is 0.00000433. The van der Waals surface area contributed by atoms with Crippen LogP contribution < -0.4 is 33.2 Å². The van der Waals surface area contributed by atoms with Gasteiger partial charge in [-0.3, -0.25) is 28.8 Å². The van der Waals surface area contributed by atoms with Gasteiger partial charge in [-0.25, -0.2) is 4.79 Å². The minimum absolute atomic E-state index is 0.0477. The number of carbonyl (C=O) groups is 7. The van der Waals surface area contributed by atoms with E-state index < -0.39 is 65.1 Å². The molecule has 0 aromatic carbocycles. The Morgan fingerprint density at radius 2 is 1.52 bits per heavy atom. The fourth-order valence-corrected chi connectivity index (χ4v) is 5.05. The van der Waals surface area contributed by atoms with Crippen LogP contribution in [0, 0.1) is 11.8 Å². The van der Waals surface area contributed by atoms with Crippen molar-refractivity contribution in [3.8, 4) is 0 Å². The molecule has 0 aromatic heterocycles. The number of nitrogens with one attached hydrogen (secondary N) is 3. The van der Waals surface area contributed by atoms with Crippen molar-refractivity contribution in [2.75, 3.05) is 13.2 Å². The number of ether oxygens (including phenoxy) is 1. The highest BCUT2D eigenvalue weighted by Crippen LogP contribution is 2.38. The Bertz CT molecular complexity index is 1000. The third kappa shape index (κ3) is 14.3. The Morgan fingerprint density at radius 3 is 2.02 bits per heavy atom. The Morgan fingerprint density at radius 1 is 0.955 bits per heavy atom. The van der Waals surface area contributed by atoms with Crippen LogP contribution in [0.25, 0.3) is 0 Å². The first-order valence-corrected chi connectivity index (χ1v) is 15.1. The second-order valence-electron chi connectivity index (χ2n) is 11.4. The molecule has 1 rings (SSSR count). The standard InChI is InChI=1S/C27H48N6O7.C2H4O2/c1-5-40-26(39)27(13-8-9-18(27)17(4)34)33-25(38)21(11-12-22(30)35)32-24(37)20(10-6-7-14-28)31-23(36)19(29)15-16(2)3;1-2(3)4/h16,18-21H,5-15,28-29H2,1-4H3,(H2,30,35)(H,31,36)(H,32,37)(H,33,38);1H3,(H,3,4)/t18?,19-,20-,21-,27?;/m0./s1. The second-order valence-corrected chi connectivity index (χ2v) is 11.4. The zero-order valence-electron chi connectivity index (χ0n) is 26.6. The van der Waals surface area contributed by atoms with Crippen molar-refractivity contribution in [2.24, 2.45) is 29.0 Å². The number of nitrogens with two attached hydrogens (primary N) is 3. The molecule has 1 aliphatic carbocycles. The summed E-state index contributed by atoms with van der Waals surface area (Å²) in [4.78, 5) is 85.6. The van der Waals surface area contributed by atoms with E-state index in [0.29, 0.717) is 38.6 Å². The molecule has 15 heteroatoms. The molecule has 2 unspecified atom stereocenters. The number of Topliss-reactive ketones (excluding diaryl/α,β-unsaturated/α-hetero) is 1. The zero-order valence-corrected chi connectivity index (χ0v) is 26.6. The van der Waals surface area contributed by atoms with Crippen LogP contribution in [0.3, 0.4) is 0 Å². The molecule has 0 heterocycles. The quantitative estimate of drug-likeness (QED) is 0.0760. The molecule has 252 valence electrons. The van der Waals surface area contributed by atoms with Crippen LogP contribution in [-0.4, -0.2) is 83.3 Å². The highest BCUT2D eigenvalue weighted by Gasteiger charge is 2.54. The van der Waals surface area contributed by atoms with Crippen molar-refractivity contribution in [2.45, 2.75) is 116 Å². The summed E-state index contributed by atoms with van der Waals surface area (Å²) in [5, 5.41) is 15.4. The van der Waals surface area contributed by atoms with Crippen LogP contribution in [0.15, 0.2) is 0 Å². The van der Waals surface area contributed by atoms with Crippen molar-refractivity contribution in [1.82, 2.24) is 16.0 Å². The van der Waals surface area contributed by atoms with E-state index in [9.17, 15) is 28.8 Å². The monoisotopic (exact) mass is 628 g/mol. The number of hydrogen-bond donors (Lipinski definition) is 7. The lowest BCUT2D eigenvalue weighted by molar-refractivity contribution is -0.157. The summed E-state index contributed by atoms with van der Waals surface area (Å²) in [7, 11) is 0. The van der Waals surface area contributed by atoms with E-state index in [1.807, 2.05) is 13.8 Å². The van der Waals surface area contributed by atoms with Gasteiger partial charge in [0.25, 0.3) is 5.97 Å². The predicted octanol–water partition coefficient (Wildman–Crippen LogP) is -0.378. The molecule has 44 heavy (non-hydrogen) atoms. The summed E-state index contributed by atoms with van der Waals surface area (Å²) in [6.45, 7) is 8.33. The summed E-state index contributed by atoms with van der Waals surface area (Å²) >= 11 is 0. The summed E-state index contributed by atoms with van der Waals surface area (Å²) in [5.74, 6) is -5.10. The number of esters is 1. The van der Waals surface area contributed by atoms with E-state index in [-0.39, 0.29) is 44.0 Å². The van der Waals surface area contributed by atoms with Crippen LogP contribution >= 0.6 is 0 Å². The van der Waals surface area contributed by atoms with Gasteiger partial charge < -0.3 is 43.0 Å². The Kier molecular flexibility index (Phi) is 18.7. The first-order valence-electron chi connectivity index (χ1n) is 15.1. The summed E-state index contributed by atoms with van der Waals surface area (Å²) in [6.07, 6.45) is 2.48. The van der Waals surface area contributed by atoms with E-state index in [2.05, 4.69) is 16.0 Å². The molecule has 0 radical (unpaired) electrons. The maximum Gasteiger partial charge on any atom is 0.332 e. The number of rotatable bonds is 18. The van der Waals surface area contributed by atoms with Crippen LogP contribution in [0.2, 0.25) is 0 Å². The van der Waals surface area contributed by atoms with Gasteiger partial charge in [-0.2, -0.15) is 0 Å². The van der Waals surface area contributed by atoms with Crippen LogP contribution in [0.5, 0.6) is 0 Å². The molecule has 0 aromatic rings. The van der Waals surface area contributed by atoms with Gasteiger partial charge in [0.1, 0.15) is 23.4 Å². The number of carboxylic acid groups (broad SMARTS) is 1. The smallest absolute Gasteiger partial charge is 0.332 e. The average molecular weight is 629 g/mol. The van der Waals surface area contributed by atoms with Crippen LogP contribution in [-0.2, 0) is 38.3 Å². The number of primary amides is 1. The molecule has 0 bridgehead atoms. The van der Waals surface area contributed by atoms with Gasteiger partial charge in [-0.05, 0) is 77.7 Å². The lowest BCUT2D eigenvalue weighted by atomic mass is 9.83. The summed E-state index contributed by atoms with van der Waals surface area (Å²) in [5.41, 5.74) is 15.3. The lowest BCUT2D eigenvalue weighted by Gasteiger charge is -2.34. The van der Waals surface area contributed by atoms with E-state index >= 15 is 0 Å². The van der Waals surface area contributed by atoms with E-state index in [4.69, 9.17) is 31.8 Å². The molecule has 10 N–H and O–H groups in total. The Labute approximate surface area is 259 Å². The minimum atomic E-state index is -1.59. The Hall–Kier alpha value is -3.59. The van der Waals surface area contributed by atoms with Gasteiger partial charge in [0.05, 0.1) is 18.6 Å². The normalized spacial score (nSPS) is 19.4. The average Bonchev–Trinajstić information content (AvgIpc) is 3.34. The highest BCUT2D eigenvalue weighted by molar-refractivity contribution is 5.98. The van der Waals surface area contributed by atoms with Crippen molar-refractivity contribution >= 4 is 41.4 Å². The number of aliphatic carboxylic acids is 1. The number of hydrogen-bond acceptors (Lipinski definition) is 10. The van der Waals surface area contributed by atoms with Gasteiger partial charge in [0.15, 0.2) is 0 Å². The van der Waals surface area contributed by atoms with Crippen molar-refractivity contribution < 1.29 is 43.4 Å². The SMILES string of the molecule is CC(=O)O.CCOC(=O)C1(NC(=O)[C@H](CCC(N)=O)NC(=O)[C@H](CCCCN)NC(=O)[C@@H](N)CC(C)C)CCCC1C(C)=O. The first-order chi connectivity index (χ1) is 20.5. The van der Waals surface area contributed by atoms with Crippen molar-refractivity contribution in [3.05, 3.63) is 0 Å². The molecular weight excluding hydrogens is 576 g/mol. The van der Waals surface area contributed by atoms with Crippen molar-refractivity contribution in [1.29, 1.82) is 0 Å². The van der Waals surface area contributed by atoms with Gasteiger partial charge in [-0.15, -0.1) is 0 Å². The molecule has 1 aliphatic rings. The largest absolute Gasteiger partial charge is 0.481 e. The molecule has 5 atom stereocenters. The third-order valence-corrected chi connectivity index (χ3v) is 7.09. The number of carboxylic acids is 1. The van der Waals surface area contributed by atoms with Gasteiger partial charge in [-0.1, -0.05) is 13.8 Å². The summed E-state index contributed by atoms with van der Waals surface area (Å²) < 4.78 is 5.22. The molecular formula is C29H52N6O9. The fourth-order valence-electron chi connectivity index (χ4n) is 5.05. The zero-order chi connectivity index (χ0) is 34.0. The number of carbonyl (C=O) groups excluding carboxylic acids is 6. The lowest BCUT2D eigenvalue weighted by Crippen LogP contribution is -2.63. The van der Waals surface area contributed by atoms with Crippen LogP contribution in [0.4, 0.5) is 0 Å². The number of amides is 4. The predicted molar refractivity (Wildman–Crippen MR) is 161 cm³/mol. The number of unbranched alkanes of at least 4 members (excludes halogenated alkanes) is 1. The molecule has 0 aliphatic heterocycles. The van der Waals surface area contributed by atoms with E-state index in [1.165, 1.54) is 6.92 Å². The maximum atomic E-state index is 13.5. The van der Waals surface area contributed by atoms with E-state index in [1.54, 1.807) is 6.92 Å². The van der Waals surface area contributed by atoms with E-state index in [0.717, 1.165) is 6.92 Å². The molecule has 0 saturated heterocycles. The fraction of sp³-hybridized carbons (Fsp3) is 0.759. The van der Waals surface area contributed by atoms with Gasteiger partial charge in [0, 0.05) is 13.3 Å². The third-order valence-electron chi connectivity index (χ3n) is 7.09. The topological polar surface area (TPSA) is 263 Å². The van der Waals surface area contributed by atoms with Crippen molar-refractivity contribution in [3.63, 3.8) is 0 Å². The molecule has 1 saturated carbocycles. The molecule has 0 spiro atoms.